The molecule has 1 saturated heterocycles. The van der Waals surface area contributed by atoms with Gasteiger partial charge >= 0.3 is 0 Å². The summed E-state index contributed by atoms with van der Waals surface area (Å²) in [6, 6.07) is 10.2. The van der Waals surface area contributed by atoms with E-state index >= 15 is 0 Å². The van der Waals surface area contributed by atoms with E-state index in [4.69, 9.17) is 18.6 Å². The fourth-order valence-electron chi connectivity index (χ4n) is 3.67. The number of ether oxygens (including phenoxy) is 2. The number of hydrogen-bond donors (Lipinski definition) is 1. The fourth-order valence-corrected chi connectivity index (χ4v) is 3.67. The lowest BCUT2D eigenvalue weighted by Crippen LogP contribution is -2.43. The van der Waals surface area contributed by atoms with Gasteiger partial charge in [0, 0.05) is 19.7 Å². The van der Waals surface area contributed by atoms with Crippen LogP contribution in [-0.4, -0.2) is 36.1 Å². The van der Waals surface area contributed by atoms with Crippen molar-refractivity contribution in [3.05, 3.63) is 42.0 Å². The van der Waals surface area contributed by atoms with Crippen molar-refractivity contribution in [2.45, 2.75) is 25.3 Å². The minimum Gasteiger partial charge on any atom is -0.454 e. The Kier molecular flexibility index (Phi) is 3.96. The standard InChI is InChI=1S/C20H18N2O6.H2/c23-19(9-12-3-5-15-17(8-12)26-11-25-15)22-7-1-2-14(22)20(24)21-13-4-6-16-18(10-13)28-27-16;/h3-6,8,10,14H,1-2,7,9,11H2,(H,21,24);1H. The first-order valence-corrected chi connectivity index (χ1v) is 9.15. The van der Waals surface area contributed by atoms with E-state index in [2.05, 4.69) is 5.32 Å². The minimum absolute atomic E-state index is 0. The first-order valence-electron chi connectivity index (χ1n) is 9.15. The number of carbonyl (C=O) groups is 2. The average molecular weight is 384 g/mol. The van der Waals surface area contributed by atoms with Crippen molar-refractivity contribution in [3.8, 4) is 11.5 Å². The molecule has 1 aromatic heterocycles. The highest BCUT2D eigenvalue weighted by molar-refractivity contribution is 5.98. The molecule has 8 heteroatoms. The number of carbonyl (C=O) groups excluding carboxylic acids is 2. The third-order valence-corrected chi connectivity index (χ3v) is 5.10. The van der Waals surface area contributed by atoms with Gasteiger partial charge in [0.2, 0.25) is 29.8 Å². The quantitative estimate of drug-likeness (QED) is 0.695. The Bertz CT molecular complexity index is 1060. The second-order valence-electron chi connectivity index (χ2n) is 6.93. The maximum atomic E-state index is 12.8. The first kappa shape index (κ1) is 16.7. The molecule has 2 aliphatic rings. The van der Waals surface area contributed by atoms with Gasteiger partial charge in [0.1, 0.15) is 6.04 Å². The van der Waals surface area contributed by atoms with Gasteiger partial charge in [-0.3, -0.25) is 18.7 Å². The van der Waals surface area contributed by atoms with Gasteiger partial charge in [-0.25, -0.2) is 0 Å². The second kappa shape index (κ2) is 6.63. The van der Waals surface area contributed by atoms with Crippen LogP contribution in [0.2, 0.25) is 0 Å². The number of amides is 2. The number of nitrogens with one attached hydrogen (secondary N) is 1. The van der Waals surface area contributed by atoms with Crippen LogP contribution < -0.4 is 14.8 Å². The van der Waals surface area contributed by atoms with Crippen molar-refractivity contribution in [1.82, 2.24) is 4.90 Å². The summed E-state index contributed by atoms with van der Waals surface area (Å²) in [6.07, 6.45) is 1.65. The molecule has 0 saturated carbocycles. The molecular formula is C20H20N2O6. The monoisotopic (exact) mass is 384 g/mol. The van der Waals surface area contributed by atoms with E-state index in [1.54, 1.807) is 29.2 Å². The van der Waals surface area contributed by atoms with E-state index in [-0.39, 0.29) is 26.5 Å². The van der Waals surface area contributed by atoms with Crippen LogP contribution in [0.25, 0.3) is 11.2 Å². The van der Waals surface area contributed by atoms with Crippen molar-refractivity contribution in [1.29, 1.82) is 0 Å². The molecule has 1 unspecified atom stereocenters. The molecule has 2 amide bonds. The SMILES string of the molecule is O=C(Nc1ccc2ooc2c1)C1CCCN1C(=O)Cc1ccc2c(c1)OCO2.[HH]. The molecule has 2 aliphatic heterocycles. The number of nitrogens with zero attached hydrogens (tertiary/aromatic N) is 1. The number of fused-ring (bicyclic) bond motifs is 2. The van der Waals surface area contributed by atoms with Gasteiger partial charge in [-0.05, 0) is 42.7 Å². The molecule has 0 bridgehead atoms. The molecule has 28 heavy (non-hydrogen) atoms. The van der Waals surface area contributed by atoms with Crippen LogP contribution in [-0.2, 0) is 16.0 Å². The summed E-state index contributed by atoms with van der Waals surface area (Å²) in [5.74, 6) is 1.05. The molecule has 2 aromatic carbocycles. The Morgan fingerprint density at radius 2 is 1.93 bits per heavy atom. The van der Waals surface area contributed by atoms with Crippen LogP contribution in [0.4, 0.5) is 5.69 Å². The minimum atomic E-state index is -0.482. The second-order valence-corrected chi connectivity index (χ2v) is 6.93. The maximum Gasteiger partial charge on any atom is 0.247 e. The van der Waals surface area contributed by atoms with Crippen LogP contribution in [0.15, 0.2) is 45.6 Å². The Morgan fingerprint density at radius 1 is 1.07 bits per heavy atom. The zero-order valence-corrected chi connectivity index (χ0v) is 15.0. The smallest absolute Gasteiger partial charge is 0.247 e. The molecule has 3 aromatic rings. The summed E-state index contributed by atoms with van der Waals surface area (Å²) in [6.45, 7) is 0.767. The number of rotatable bonds is 4. The Balaban J connectivity index is 0.00000205. The van der Waals surface area contributed by atoms with E-state index in [1.807, 2.05) is 12.1 Å². The predicted molar refractivity (Wildman–Crippen MR) is 100 cm³/mol. The lowest BCUT2D eigenvalue weighted by Gasteiger charge is -2.24. The summed E-state index contributed by atoms with van der Waals surface area (Å²) < 4.78 is 20.3. The van der Waals surface area contributed by atoms with E-state index in [0.29, 0.717) is 41.3 Å². The molecule has 5 rings (SSSR count). The Hall–Kier alpha value is -3.42. The normalized spacial score (nSPS) is 18.0. The number of hydrogen-bond acceptors (Lipinski definition) is 6. The van der Waals surface area contributed by atoms with Crippen molar-refractivity contribution < 1.29 is 29.6 Å². The lowest BCUT2D eigenvalue weighted by molar-refractivity contribution is -0.136. The topological polar surface area (TPSA) is 94.2 Å². The van der Waals surface area contributed by atoms with Gasteiger partial charge in [0.05, 0.1) is 6.42 Å². The van der Waals surface area contributed by atoms with Crippen LogP contribution in [0.3, 0.4) is 0 Å². The van der Waals surface area contributed by atoms with Gasteiger partial charge < -0.3 is 19.7 Å². The third-order valence-electron chi connectivity index (χ3n) is 5.10. The van der Waals surface area contributed by atoms with E-state index in [0.717, 1.165) is 12.0 Å². The molecule has 3 heterocycles. The molecule has 0 spiro atoms. The molecular weight excluding hydrogens is 364 g/mol. The number of likely N-dealkylation sites (tertiary alicyclic amines) is 1. The molecule has 1 N–H and O–H groups in total. The Labute approximate surface area is 161 Å². The molecule has 0 radical (unpaired) electrons. The van der Waals surface area contributed by atoms with E-state index < -0.39 is 6.04 Å². The zero-order valence-electron chi connectivity index (χ0n) is 15.0. The summed E-state index contributed by atoms with van der Waals surface area (Å²) in [5.41, 5.74) is 2.67. The molecule has 0 aliphatic carbocycles. The van der Waals surface area contributed by atoms with Crippen LogP contribution in [0.1, 0.15) is 19.8 Å². The fraction of sp³-hybridized carbons (Fsp3) is 0.300. The van der Waals surface area contributed by atoms with Gasteiger partial charge in [-0.1, -0.05) is 6.07 Å². The average Bonchev–Trinajstić information content (AvgIpc) is 3.32. The molecule has 8 nitrogen and oxygen atoms in total. The largest absolute Gasteiger partial charge is 0.454 e. The Morgan fingerprint density at radius 3 is 2.75 bits per heavy atom. The van der Waals surface area contributed by atoms with Crippen molar-refractivity contribution in [2.24, 2.45) is 0 Å². The maximum absolute atomic E-state index is 12.8. The van der Waals surface area contributed by atoms with E-state index in [9.17, 15) is 9.59 Å². The summed E-state index contributed by atoms with van der Waals surface area (Å²) in [4.78, 5) is 27.2. The first-order chi connectivity index (χ1) is 13.7. The van der Waals surface area contributed by atoms with Gasteiger partial charge in [-0.2, -0.15) is 0 Å². The number of benzene rings is 2. The molecule has 1 fully saturated rings. The van der Waals surface area contributed by atoms with Crippen LogP contribution in [0.5, 0.6) is 11.5 Å². The van der Waals surface area contributed by atoms with Gasteiger partial charge in [0.25, 0.3) is 0 Å². The summed E-state index contributed by atoms with van der Waals surface area (Å²) >= 11 is 0. The summed E-state index contributed by atoms with van der Waals surface area (Å²) in [7, 11) is 0. The highest BCUT2D eigenvalue weighted by Crippen LogP contribution is 2.33. The summed E-state index contributed by atoms with van der Waals surface area (Å²) in [5, 5.41) is 2.86. The van der Waals surface area contributed by atoms with Gasteiger partial charge in [-0.15, -0.1) is 0 Å². The number of anilines is 1. The zero-order chi connectivity index (χ0) is 19.1. The molecule has 1 atom stereocenters. The van der Waals surface area contributed by atoms with Crippen molar-refractivity contribution in [3.63, 3.8) is 0 Å². The van der Waals surface area contributed by atoms with Crippen molar-refractivity contribution >= 4 is 28.7 Å². The van der Waals surface area contributed by atoms with Crippen molar-refractivity contribution in [2.75, 3.05) is 18.7 Å². The van der Waals surface area contributed by atoms with Crippen LogP contribution >= 0.6 is 0 Å². The van der Waals surface area contributed by atoms with Gasteiger partial charge in [0.15, 0.2) is 11.5 Å². The molecule has 146 valence electrons. The van der Waals surface area contributed by atoms with Crippen LogP contribution in [0, 0.1) is 0 Å². The lowest BCUT2D eigenvalue weighted by atomic mass is 10.1. The highest BCUT2D eigenvalue weighted by Gasteiger charge is 2.34. The third kappa shape index (κ3) is 2.96. The highest BCUT2D eigenvalue weighted by atomic mass is 17.0. The predicted octanol–water partition coefficient (Wildman–Crippen LogP) is 3.17. The van der Waals surface area contributed by atoms with E-state index in [1.165, 1.54) is 0 Å².